The number of aryl methyl sites for hydroxylation is 1. The summed E-state index contributed by atoms with van der Waals surface area (Å²) in [4.78, 5) is 17.4. The summed E-state index contributed by atoms with van der Waals surface area (Å²) in [5.41, 5.74) is 2.74. The van der Waals surface area contributed by atoms with E-state index in [4.69, 9.17) is 0 Å². The first-order valence-corrected chi connectivity index (χ1v) is 11.8. The van der Waals surface area contributed by atoms with E-state index in [-0.39, 0.29) is 11.5 Å². The van der Waals surface area contributed by atoms with Crippen LogP contribution in [0, 0.1) is 5.82 Å². The van der Waals surface area contributed by atoms with E-state index >= 15 is 0 Å². The Hall–Kier alpha value is -2.87. The number of halogens is 4. The molecule has 1 aromatic heterocycles. The third-order valence-electron chi connectivity index (χ3n) is 6.36. The molecule has 172 valence electrons. The van der Waals surface area contributed by atoms with Crippen molar-refractivity contribution in [2.75, 3.05) is 11.9 Å². The molecule has 3 aromatic rings. The SMILES string of the molecule is O=C(Nc1cccc(C(F)(F)F)c1)N1CCc2c(sc3c2CCCC3)[C@@H]1c1ccc(F)cc1. The molecule has 0 unspecified atom stereocenters. The predicted octanol–water partition coefficient (Wildman–Crippen LogP) is 6.96. The summed E-state index contributed by atoms with van der Waals surface area (Å²) in [6.07, 6.45) is 0.570. The van der Waals surface area contributed by atoms with Crippen molar-refractivity contribution in [2.45, 2.75) is 44.3 Å². The van der Waals surface area contributed by atoms with Crippen LogP contribution in [0.25, 0.3) is 0 Å². The number of anilines is 1. The molecule has 5 rings (SSSR count). The molecule has 3 nitrogen and oxygen atoms in total. The standard InChI is InChI=1S/C25H22F4N2OS/c26-17-10-8-15(9-11-17)22-23-20(19-6-1-2-7-21(19)33-23)12-13-31(22)24(32)30-18-5-3-4-16(14-18)25(27,28)29/h3-5,8-11,14,22H,1-2,6-7,12-13H2,(H,30,32)/t22-/m0/s1. The lowest BCUT2D eigenvalue weighted by Crippen LogP contribution is -2.42. The third kappa shape index (κ3) is 4.24. The monoisotopic (exact) mass is 474 g/mol. The Balaban J connectivity index is 1.50. The first-order valence-electron chi connectivity index (χ1n) is 10.9. The molecule has 33 heavy (non-hydrogen) atoms. The second-order valence-corrected chi connectivity index (χ2v) is 9.60. The lowest BCUT2D eigenvalue weighted by atomic mass is 9.88. The fraction of sp³-hybridized carbons (Fsp3) is 0.320. The molecule has 8 heteroatoms. The fourth-order valence-corrected chi connectivity index (χ4v) is 6.40. The van der Waals surface area contributed by atoms with Crippen molar-refractivity contribution in [2.24, 2.45) is 0 Å². The topological polar surface area (TPSA) is 32.3 Å². The molecule has 0 bridgehead atoms. The maximum Gasteiger partial charge on any atom is 0.416 e. The van der Waals surface area contributed by atoms with E-state index in [1.54, 1.807) is 28.4 Å². The Morgan fingerprint density at radius 2 is 1.76 bits per heavy atom. The lowest BCUT2D eigenvalue weighted by Gasteiger charge is -2.36. The normalized spacial score (nSPS) is 17.9. The summed E-state index contributed by atoms with van der Waals surface area (Å²) in [7, 11) is 0. The number of alkyl halides is 3. The van der Waals surface area contributed by atoms with Crippen LogP contribution in [0.4, 0.5) is 28.0 Å². The Kier molecular flexibility index (Phi) is 5.64. The van der Waals surface area contributed by atoms with Crippen molar-refractivity contribution < 1.29 is 22.4 Å². The molecule has 2 heterocycles. The van der Waals surface area contributed by atoms with Gasteiger partial charge in [-0.2, -0.15) is 13.2 Å². The van der Waals surface area contributed by atoms with Gasteiger partial charge >= 0.3 is 12.2 Å². The molecular formula is C25H22F4N2OS. The van der Waals surface area contributed by atoms with Crippen LogP contribution in [0.1, 0.15) is 50.9 Å². The zero-order valence-electron chi connectivity index (χ0n) is 17.7. The van der Waals surface area contributed by atoms with E-state index in [2.05, 4.69) is 5.32 Å². The van der Waals surface area contributed by atoms with Crippen LogP contribution in [0.2, 0.25) is 0 Å². The number of thiophene rings is 1. The molecule has 1 aliphatic heterocycles. The fourth-order valence-electron chi connectivity index (χ4n) is 4.81. The van der Waals surface area contributed by atoms with Gasteiger partial charge in [0.1, 0.15) is 5.82 Å². The summed E-state index contributed by atoms with van der Waals surface area (Å²) in [5, 5.41) is 2.65. The number of nitrogens with zero attached hydrogens (tertiary/aromatic N) is 1. The van der Waals surface area contributed by atoms with Crippen LogP contribution in [0.15, 0.2) is 48.5 Å². The minimum absolute atomic E-state index is 0.0870. The molecule has 1 N–H and O–H groups in total. The van der Waals surface area contributed by atoms with Gasteiger partial charge in [0.05, 0.1) is 11.6 Å². The smallest absolute Gasteiger partial charge is 0.312 e. The van der Waals surface area contributed by atoms with Gasteiger partial charge in [-0.25, -0.2) is 9.18 Å². The average molecular weight is 475 g/mol. The molecule has 0 fully saturated rings. The van der Waals surface area contributed by atoms with Gasteiger partial charge in [0, 0.05) is 22.0 Å². The van der Waals surface area contributed by atoms with E-state index in [1.807, 2.05) is 0 Å². The van der Waals surface area contributed by atoms with Crippen molar-refractivity contribution in [3.8, 4) is 0 Å². The number of hydrogen-bond acceptors (Lipinski definition) is 2. The Labute approximate surface area is 193 Å². The van der Waals surface area contributed by atoms with E-state index in [1.165, 1.54) is 40.3 Å². The molecular weight excluding hydrogens is 452 g/mol. The number of nitrogens with one attached hydrogen (secondary N) is 1. The highest BCUT2D eigenvalue weighted by atomic mass is 32.1. The van der Waals surface area contributed by atoms with Crippen LogP contribution in [0.3, 0.4) is 0 Å². The van der Waals surface area contributed by atoms with E-state index in [9.17, 15) is 22.4 Å². The lowest BCUT2D eigenvalue weighted by molar-refractivity contribution is -0.137. The number of benzene rings is 2. The average Bonchev–Trinajstić information content (AvgIpc) is 3.17. The summed E-state index contributed by atoms with van der Waals surface area (Å²) >= 11 is 1.71. The molecule has 2 aromatic carbocycles. The molecule has 0 spiro atoms. The van der Waals surface area contributed by atoms with Crippen LogP contribution < -0.4 is 5.32 Å². The number of carbonyl (C=O) groups is 1. The molecule has 0 saturated heterocycles. The van der Waals surface area contributed by atoms with E-state index in [0.29, 0.717) is 13.0 Å². The summed E-state index contributed by atoms with van der Waals surface area (Å²) in [6.45, 7) is 0.434. The van der Waals surface area contributed by atoms with Gasteiger partial charge < -0.3 is 10.2 Å². The largest absolute Gasteiger partial charge is 0.416 e. The Morgan fingerprint density at radius 1 is 1.00 bits per heavy atom. The zero-order chi connectivity index (χ0) is 23.2. The number of hydrogen-bond donors (Lipinski definition) is 1. The van der Waals surface area contributed by atoms with Gasteiger partial charge in [-0.05, 0) is 79.1 Å². The zero-order valence-corrected chi connectivity index (χ0v) is 18.5. The number of amides is 2. The minimum atomic E-state index is -4.49. The first kappa shape index (κ1) is 21.9. The second-order valence-electron chi connectivity index (χ2n) is 8.46. The van der Waals surface area contributed by atoms with Crippen LogP contribution in [-0.4, -0.2) is 17.5 Å². The quantitative estimate of drug-likeness (QED) is 0.400. The van der Waals surface area contributed by atoms with Gasteiger partial charge in [0.25, 0.3) is 0 Å². The van der Waals surface area contributed by atoms with Gasteiger partial charge in [0.15, 0.2) is 0 Å². The number of rotatable bonds is 2. The Bertz CT molecular complexity index is 1190. The van der Waals surface area contributed by atoms with Crippen molar-refractivity contribution in [3.05, 3.63) is 86.4 Å². The highest BCUT2D eigenvalue weighted by Crippen LogP contribution is 2.45. The van der Waals surface area contributed by atoms with Gasteiger partial charge in [-0.3, -0.25) is 0 Å². The summed E-state index contributed by atoms with van der Waals surface area (Å²) < 4.78 is 52.9. The summed E-state index contributed by atoms with van der Waals surface area (Å²) in [6, 6.07) is 9.86. The van der Waals surface area contributed by atoms with Crippen LogP contribution >= 0.6 is 11.3 Å². The molecule has 2 amide bonds. The van der Waals surface area contributed by atoms with E-state index < -0.39 is 23.8 Å². The number of carbonyl (C=O) groups excluding carboxylic acids is 1. The van der Waals surface area contributed by atoms with Gasteiger partial charge in [-0.1, -0.05) is 18.2 Å². The van der Waals surface area contributed by atoms with Crippen molar-refractivity contribution in [1.82, 2.24) is 4.90 Å². The maximum atomic E-state index is 13.6. The van der Waals surface area contributed by atoms with E-state index in [0.717, 1.165) is 48.3 Å². The molecule has 0 radical (unpaired) electrons. The molecule has 0 saturated carbocycles. The second kappa shape index (κ2) is 8.48. The van der Waals surface area contributed by atoms with Gasteiger partial charge in [0.2, 0.25) is 0 Å². The number of fused-ring (bicyclic) bond motifs is 3. The Morgan fingerprint density at radius 3 is 2.52 bits per heavy atom. The molecule has 2 aliphatic rings. The highest BCUT2D eigenvalue weighted by Gasteiger charge is 2.37. The summed E-state index contributed by atoms with van der Waals surface area (Å²) in [5.74, 6) is -0.361. The minimum Gasteiger partial charge on any atom is -0.312 e. The molecule has 1 aliphatic carbocycles. The van der Waals surface area contributed by atoms with Gasteiger partial charge in [-0.15, -0.1) is 11.3 Å². The maximum absolute atomic E-state index is 13.6. The van der Waals surface area contributed by atoms with Crippen molar-refractivity contribution in [1.29, 1.82) is 0 Å². The number of urea groups is 1. The predicted molar refractivity (Wildman–Crippen MR) is 120 cm³/mol. The van der Waals surface area contributed by atoms with Crippen molar-refractivity contribution >= 4 is 23.1 Å². The van der Waals surface area contributed by atoms with Crippen LogP contribution in [0.5, 0.6) is 0 Å². The molecule has 1 atom stereocenters. The van der Waals surface area contributed by atoms with Crippen LogP contribution in [-0.2, 0) is 25.4 Å². The highest BCUT2D eigenvalue weighted by molar-refractivity contribution is 7.12. The van der Waals surface area contributed by atoms with Crippen molar-refractivity contribution in [3.63, 3.8) is 0 Å². The third-order valence-corrected chi connectivity index (χ3v) is 7.75. The first-order chi connectivity index (χ1) is 15.8.